The normalized spacial score (nSPS) is 18.8. The van der Waals surface area contributed by atoms with Gasteiger partial charge in [0.15, 0.2) is 0 Å². The Balaban J connectivity index is 1.51. The van der Waals surface area contributed by atoms with E-state index in [0.717, 1.165) is 41.6 Å². The minimum atomic E-state index is -0.0742. The highest BCUT2D eigenvalue weighted by molar-refractivity contribution is 7.18. The molecule has 2 aliphatic rings. The van der Waals surface area contributed by atoms with E-state index in [1.54, 1.807) is 17.7 Å². The summed E-state index contributed by atoms with van der Waals surface area (Å²) >= 11 is 1.64. The summed E-state index contributed by atoms with van der Waals surface area (Å²) in [4.78, 5) is 34.8. The number of benzene rings is 1. The smallest absolute Gasteiger partial charge is 0.262 e. The lowest BCUT2D eigenvalue weighted by Gasteiger charge is -2.29. The van der Waals surface area contributed by atoms with E-state index in [4.69, 9.17) is 0 Å². The molecule has 0 spiro atoms. The van der Waals surface area contributed by atoms with Crippen molar-refractivity contribution in [3.8, 4) is 0 Å². The molecular weight excluding hydrogens is 370 g/mol. The van der Waals surface area contributed by atoms with Gasteiger partial charge in [-0.1, -0.05) is 25.1 Å². The first-order chi connectivity index (χ1) is 13.6. The molecule has 0 fully saturated rings. The number of aromatic nitrogens is 2. The number of carbonyl (C=O) groups excluding carboxylic acids is 1. The van der Waals surface area contributed by atoms with E-state index < -0.39 is 0 Å². The van der Waals surface area contributed by atoms with E-state index >= 15 is 0 Å². The molecule has 0 N–H and O–H groups in total. The average molecular weight is 394 g/mol. The number of hydrogen-bond acceptors (Lipinski definition) is 4. The molecule has 0 saturated heterocycles. The fourth-order valence-corrected chi connectivity index (χ4v) is 5.94. The van der Waals surface area contributed by atoms with Gasteiger partial charge in [-0.3, -0.25) is 14.2 Å². The summed E-state index contributed by atoms with van der Waals surface area (Å²) in [5.41, 5.74) is 3.27. The van der Waals surface area contributed by atoms with E-state index in [0.29, 0.717) is 12.5 Å². The molecule has 6 heteroatoms. The van der Waals surface area contributed by atoms with E-state index in [2.05, 4.69) is 18.0 Å². The van der Waals surface area contributed by atoms with Crippen molar-refractivity contribution in [1.29, 1.82) is 0 Å². The summed E-state index contributed by atoms with van der Waals surface area (Å²) in [6, 6.07) is 8.04. The number of fused-ring (bicyclic) bond motifs is 4. The molecule has 1 aliphatic carbocycles. The Kier molecular flexibility index (Phi) is 4.31. The van der Waals surface area contributed by atoms with Gasteiger partial charge in [0, 0.05) is 17.1 Å². The minimum Gasteiger partial charge on any atom is -0.311 e. The van der Waals surface area contributed by atoms with Gasteiger partial charge in [0.25, 0.3) is 5.56 Å². The Morgan fingerprint density at radius 3 is 3.00 bits per heavy atom. The average Bonchev–Trinajstić information content (AvgIpc) is 3.10. The molecule has 144 valence electrons. The Morgan fingerprint density at radius 2 is 2.11 bits per heavy atom. The van der Waals surface area contributed by atoms with Crippen molar-refractivity contribution >= 4 is 33.1 Å². The highest BCUT2D eigenvalue weighted by Crippen LogP contribution is 2.39. The lowest BCUT2D eigenvalue weighted by molar-refractivity contribution is -0.119. The van der Waals surface area contributed by atoms with Gasteiger partial charge >= 0.3 is 0 Å². The number of anilines is 1. The van der Waals surface area contributed by atoms with E-state index in [1.165, 1.54) is 27.0 Å². The lowest BCUT2D eigenvalue weighted by Crippen LogP contribution is -2.39. The zero-order chi connectivity index (χ0) is 19.3. The summed E-state index contributed by atoms with van der Waals surface area (Å²) in [6.07, 6.45) is 6.80. The van der Waals surface area contributed by atoms with Gasteiger partial charge in [0.1, 0.15) is 11.4 Å². The van der Waals surface area contributed by atoms with Crippen LogP contribution in [0.15, 0.2) is 35.4 Å². The molecule has 0 bridgehead atoms. The van der Waals surface area contributed by atoms with Crippen LogP contribution in [-0.2, 0) is 24.2 Å². The van der Waals surface area contributed by atoms with Gasteiger partial charge in [-0.05, 0) is 55.2 Å². The molecule has 1 aliphatic heterocycles. The van der Waals surface area contributed by atoms with Crippen LogP contribution in [0.4, 0.5) is 5.69 Å². The van der Waals surface area contributed by atoms with Gasteiger partial charge in [0.05, 0.1) is 11.7 Å². The van der Waals surface area contributed by atoms with Gasteiger partial charge in [0.2, 0.25) is 5.91 Å². The molecule has 0 radical (unpaired) electrons. The number of aryl methyl sites for hydroxylation is 2. The van der Waals surface area contributed by atoms with Crippen molar-refractivity contribution in [2.75, 3.05) is 11.4 Å². The summed E-state index contributed by atoms with van der Waals surface area (Å²) in [7, 11) is 0. The Hall–Kier alpha value is -2.47. The van der Waals surface area contributed by atoms with Crippen LogP contribution in [0.25, 0.3) is 10.2 Å². The Labute approximate surface area is 167 Å². The molecule has 3 aromatic rings. The maximum Gasteiger partial charge on any atom is 0.262 e. The molecule has 1 aromatic carbocycles. The van der Waals surface area contributed by atoms with Gasteiger partial charge in [-0.25, -0.2) is 4.98 Å². The Bertz CT molecular complexity index is 1130. The molecule has 5 nitrogen and oxygen atoms in total. The molecule has 2 aromatic heterocycles. The highest BCUT2D eigenvalue weighted by atomic mass is 32.1. The Morgan fingerprint density at radius 1 is 1.25 bits per heavy atom. The molecule has 3 heterocycles. The quantitative estimate of drug-likeness (QED) is 0.664. The summed E-state index contributed by atoms with van der Waals surface area (Å²) in [6.45, 7) is 2.93. The molecule has 1 atom stereocenters. The third-order valence-corrected chi connectivity index (χ3v) is 7.22. The highest BCUT2D eigenvalue weighted by Gasteiger charge is 2.26. The third kappa shape index (κ3) is 2.78. The number of rotatable bonds is 2. The first kappa shape index (κ1) is 17.6. The second-order valence-electron chi connectivity index (χ2n) is 7.87. The number of thiophene rings is 1. The van der Waals surface area contributed by atoms with Crippen LogP contribution < -0.4 is 10.5 Å². The second kappa shape index (κ2) is 6.85. The summed E-state index contributed by atoms with van der Waals surface area (Å²) in [5, 5.41) is 0.738. The zero-order valence-electron chi connectivity index (χ0n) is 16.0. The summed E-state index contributed by atoms with van der Waals surface area (Å²) < 4.78 is 1.50. The molecule has 1 unspecified atom stereocenters. The second-order valence-corrected chi connectivity index (χ2v) is 8.95. The number of nitrogens with zero attached hydrogens (tertiary/aromatic N) is 3. The van der Waals surface area contributed by atoms with E-state index in [9.17, 15) is 9.59 Å². The maximum atomic E-state index is 13.2. The largest absolute Gasteiger partial charge is 0.311 e. The van der Waals surface area contributed by atoms with Crippen LogP contribution in [0.1, 0.15) is 48.1 Å². The van der Waals surface area contributed by atoms with Crippen molar-refractivity contribution < 1.29 is 4.79 Å². The van der Waals surface area contributed by atoms with Crippen molar-refractivity contribution in [1.82, 2.24) is 9.55 Å². The van der Waals surface area contributed by atoms with Crippen molar-refractivity contribution in [3.05, 3.63) is 57.0 Å². The molecule has 5 rings (SSSR count). The van der Waals surface area contributed by atoms with E-state index in [-0.39, 0.29) is 18.0 Å². The topological polar surface area (TPSA) is 55.2 Å². The van der Waals surface area contributed by atoms with Gasteiger partial charge in [-0.2, -0.15) is 0 Å². The van der Waals surface area contributed by atoms with Crippen LogP contribution >= 0.6 is 11.3 Å². The first-order valence-electron chi connectivity index (χ1n) is 10.0. The predicted octanol–water partition coefficient (Wildman–Crippen LogP) is 3.88. The van der Waals surface area contributed by atoms with Crippen LogP contribution in [0.3, 0.4) is 0 Å². The fraction of sp³-hybridized carbons (Fsp3) is 0.409. The van der Waals surface area contributed by atoms with Gasteiger partial charge < -0.3 is 4.90 Å². The summed E-state index contributed by atoms with van der Waals surface area (Å²) in [5.74, 6) is 0.333. The monoisotopic (exact) mass is 393 g/mol. The van der Waals surface area contributed by atoms with Crippen LogP contribution in [0, 0.1) is 0 Å². The number of amides is 1. The third-order valence-electron chi connectivity index (χ3n) is 6.04. The zero-order valence-corrected chi connectivity index (χ0v) is 16.8. The van der Waals surface area contributed by atoms with Crippen molar-refractivity contribution in [3.63, 3.8) is 0 Å². The molecule has 0 saturated carbocycles. The lowest BCUT2D eigenvalue weighted by atomic mass is 9.88. The van der Waals surface area contributed by atoms with Gasteiger partial charge in [-0.15, -0.1) is 11.3 Å². The molecule has 28 heavy (non-hydrogen) atoms. The number of carbonyl (C=O) groups is 1. The van der Waals surface area contributed by atoms with Crippen LogP contribution in [-0.4, -0.2) is 22.0 Å². The molecule has 1 amide bonds. The van der Waals surface area contributed by atoms with Crippen molar-refractivity contribution in [2.45, 2.75) is 51.5 Å². The standard InChI is InChI=1S/C22H23N3O2S/c1-14-6-4-10-17-19(14)20-21(28-17)23-13-24(22(20)27)12-18(26)25-11-5-8-15-7-2-3-9-16(15)25/h2-3,7,9,13-14H,4-6,8,10-12H2,1H3. The number of hydrogen-bond donors (Lipinski definition) is 0. The fourth-order valence-electron chi connectivity index (χ4n) is 4.65. The van der Waals surface area contributed by atoms with Crippen molar-refractivity contribution in [2.24, 2.45) is 0 Å². The SMILES string of the molecule is CC1CCCc2sc3ncn(CC(=O)N4CCCc5ccccc54)c(=O)c3c21. The number of para-hydroxylation sites is 1. The maximum absolute atomic E-state index is 13.2. The first-order valence-corrected chi connectivity index (χ1v) is 10.8. The van der Waals surface area contributed by atoms with E-state index in [1.807, 2.05) is 23.1 Å². The van der Waals surface area contributed by atoms with Crippen LogP contribution in [0.5, 0.6) is 0 Å². The molecular formula is C22H23N3O2S. The van der Waals surface area contributed by atoms with Crippen LogP contribution in [0.2, 0.25) is 0 Å². The predicted molar refractivity (Wildman–Crippen MR) is 112 cm³/mol. The minimum absolute atomic E-state index is 0.0368.